The molecular formula is C24H20ClN3O2. The lowest BCUT2D eigenvalue weighted by molar-refractivity contribution is 0.388. The van der Waals surface area contributed by atoms with Gasteiger partial charge in [-0.1, -0.05) is 54.1 Å². The first-order valence-electron chi connectivity index (χ1n) is 9.61. The van der Waals surface area contributed by atoms with Gasteiger partial charge in [0.25, 0.3) is 5.56 Å². The van der Waals surface area contributed by atoms with Crippen molar-refractivity contribution in [3.05, 3.63) is 110 Å². The van der Waals surface area contributed by atoms with Gasteiger partial charge in [-0.05, 0) is 36.6 Å². The monoisotopic (exact) mass is 417 g/mol. The Bertz CT molecular complexity index is 1240. The summed E-state index contributed by atoms with van der Waals surface area (Å²) in [6.07, 6.45) is 0.714. The van der Waals surface area contributed by atoms with Gasteiger partial charge in [0, 0.05) is 23.3 Å². The number of nitrogens with two attached hydrogens (primary N) is 1. The van der Waals surface area contributed by atoms with Gasteiger partial charge in [-0.2, -0.15) is 5.26 Å². The van der Waals surface area contributed by atoms with E-state index in [2.05, 4.69) is 6.07 Å². The van der Waals surface area contributed by atoms with Crippen LogP contribution in [-0.2, 0) is 13.0 Å². The predicted molar refractivity (Wildman–Crippen MR) is 116 cm³/mol. The normalized spacial score (nSPS) is 15.3. The van der Waals surface area contributed by atoms with Gasteiger partial charge in [0.15, 0.2) is 0 Å². The minimum Gasteiger partial charge on any atom is -0.440 e. The van der Waals surface area contributed by atoms with E-state index in [9.17, 15) is 10.1 Å². The van der Waals surface area contributed by atoms with Crippen LogP contribution in [0.3, 0.4) is 0 Å². The topological polar surface area (TPSA) is 81.0 Å². The van der Waals surface area contributed by atoms with Crippen LogP contribution in [0.2, 0.25) is 5.02 Å². The van der Waals surface area contributed by atoms with Gasteiger partial charge in [-0.15, -0.1) is 0 Å². The van der Waals surface area contributed by atoms with Crippen molar-refractivity contribution in [3.8, 4) is 11.8 Å². The van der Waals surface area contributed by atoms with Crippen LogP contribution >= 0.6 is 11.6 Å². The summed E-state index contributed by atoms with van der Waals surface area (Å²) in [5, 5.41) is 10.3. The van der Waals surface area contributed by atoms with E-state index in [0.29, 0.717) is 29.3 Å². The first-order valence-corrected chi connectivity index (χ1v) is 9.98. The first kappa shape index (κ1) is 19.8. The molecule has 3 aromatic rings. The zero-order valence-electron chi connectivity index (χ0n) is 16.4. The molecule has 0 radical (unpaired) electrons. The Kier molecular flexibility index (Phi) is 5.35. The Morgan fingerprint density at radius 3 is 2.63 bits per heavy atom. The van der Waals surface area contributed by atoms with E-state index >= 15 is 0 Å². The third-order valence-electron chi connectivity index (χ3n) is 5.34. The van der Waals surface area contributed by atoms with Gasteiger partial charge in [0.05, 0.1) is 11.5 Å². The average molecular weight is 418 g/mol. The van der Waals surface area contributed by atoms with Crippen molar-refractivity contribution in [2.24, 2.45) is 5.73 Å². The third-order valence-corrected chi connectivity index (χ3v) is 5.57. The number of aromatic nitrogens is 1. The molecule has 1 atom stereocenters. The van der Waals surface area contributed by atoms with Gasteiger partial charge < -0.3 is 15.0 Å². The van der Waals surface area contributed by atoms with E-state index in [1.807, 2.05) is 43.3 Å². The molecule has 1 aliphatic heterocycles. The summed E-state index contributed by atoms with van der Waals surface area (Å²) < 4.78 is 7.41. The Morgan fingerprint density at radius 1 is 1.17 bits per heavy atom. The third kappa shape index (κ3) is 3.58. The van der Waals surface area contributed by atoms with E-state index in [0.717, 1.165) is 16.8 Å². The molecule has 1 unspecified atom stereocenters. The van der Waals surface area contributed by atoms with Crippen LogP contribution < -0.4 is 16.0 Å². The Labute approximate surface area is 179 Å². The molecule has 2 heterocycles. The summed E-state index contributed by atoms with van der Waals surface area (Å²) in [4.78, 5) is 13.6. The summed E-state index contributed by atoms with van der Waals surface area (Å²) >= 11 is 6.19. The van der Waals surface area contributed by atoms with Crippen molar-refractivity contribution in [1.82, 2.24) is 4.57 Å². The van der Waals surface area contributed by atoms with E-state index < -0.39 is 5.92 Å². The number of halogens is 1. The number of nitrogens with zero attached hydrogens (tertiary/aromatic N) is 2. The summed E-state index contributed by atoms with van der Waals surface area (Å²) in [6.45, 7) is 2.38. The minimum atomic E-state index is -0.631. The number of nitriles is 1. The van der Waals surface area contributed by atoms with Gasteiger partial charge in [-0.3, -0.25) is 4.79 Å². The molecule has 6 heteroatoms. The molecule has 5 nitrogen and oxygen atoms in total. The summed E-state index contributed by atoms with van der Waals surface area (Å²) in [6, 6.07) is 21.0. The second-order valence-electron chi connectivity index (χ2n) is 7.24. The molecule has 0 amide bonds. The highest BCUT2D eigenvalue weighted by Gasteiger charge is 2.34. The lowest BCUT2D eigenvalue weighted by Gasteiger charge is -2.27. The van der Waals surface area contributed by atoms with Crippen molar-refractivity contribution in [1.29, 1.82) is 5.26 Å². The average Bonchev–Trinajstić information content (AvgIpc) is 2.73. The molecule has 1 aliphatic rings. The predicted octanol–water partition coefficient (Wildman–Crippen LogP) is 4.27. The van der Waals surface area contributed by atoms with Crippen LogP contribution in [-0.4, -0.2) is 4.57 Å². The van der Waals surface area contributed by atoms with Gasteiger partial charge in [-0.25, -0.2) is 0 Å². The van der Waals surface area contributed by atoms with Crippen LogP contribution in [0.15, 0.2) is 76.9 Å². The standard InChI is InChI=1S/C24H20ClN3O2/c1-15-12-20-22(24(29)28(15)11-10-16-6-3-2-4-7-16)21(19(14-26)23(27)30-20)17-8-5-9-18(25)13-17/h2-9,12-13,21H,10-11,27H2,1H3. The van der Waals surface area contributed by atoms with Gasteiger partial charge in [0.1, 0.15) is 17.4 Å². The number of hydrogen-bond donors (Lipinski definition) is 1. The molecule has 0 saturated heterocycles. The second-order valence-corrected chi connectivity index (χ2v) is 7.67. The summed E-state index contributed by atoms with van der Waals surface area (Å²) in [5.41, 5.74) is 9.10. The first-order chi connectivity index (χ1) is 14.5. The molecule has 0 bridgehead atoms. The maximum atomic E-state index is 13.6. The molecule has 2 aromatic carbocycles. The van der Waals surface area contributed by atoms with Crippen LogP contribution in [0.1, 0.15) is 28.3 Å². The summed E-state index contributed by atoms with van der Waals surface area (Å²) in [7, 11) is 0. The molecule has 2 N–H and O–H groups in total. The molecule has 0 fully saturated rings. The Balaban J connectivity index is 1.84. The number of ether oxygens (including phenoxy) is 1. The largest absolute Gasteiger partial charge is 0.440 e. The number of benzene rings is 2. The fourth-order valence-electron chi connectivity index (χ4n) is 3.87. The number of rotatable bonds is 4. The lowest BCUT2D eigenvalue weighted by atomic mass is 9.84. The van der Waals surface area contributed by atoms with E-state index in [1.165, 1.54) is 0 Å². The highest BCUT2D eigenvalue weighted by atomic mass is 35.5. The fraction of sp³-hybridized carbons (Fsp3) is 0.167. The minimum absolute atomic E-state index is 0.0100. The van der Waals surface area contributed by atoms with Crippen LogP contribution in [0.4, 0.5) is 0 Å². The van der Waals surface area contributed by atoms with Crippen molar-refractivity contribution in [2.45, 2.75) is 25.8 Å². The van der Waals surface area contributed by atoms with Crippen molar-refractivity contribution < 1.29 is 4.74 Å². The van der Waals surface area contributed by atoms with E-state index in [4.69, 9.17) is 22.1 Å². The number of pyridine rings is 1. The van der Waals surface area contributed by atoms with Gasteiger partial charge in [0.2, 0.25) is 5.88 Å². The molecular weight excluding hydrogens is 398 g/mol. The molecule has 0 spiro atoms. The number of aryl methyl sites for hydroxylation is 2. The van der Waals surface area contributed by atoms with Crippen LogP contribution in [0.25, 0.3) is 0 Å². The van der Waals surface area contributed by atoms with Crippen LogP contribution in [0, 0.1) is 18.3 Å². The molecule has 30 heavy (non-hydrogen) atoms. The second kappa shape index (κ2) is 8.10. The SMILES string of the molecule is Cc1cc2c(c(=O)n1CCc1ccccc1)C(c1cccc(Cl)c1)C(C#N)=C(N)O2. The van der Waals surface area contributed by atoms with E-state index in [1.54, 1.807) is 28.8 Å². The summed E-state index contributed by atoms with van der Waals surface area (Å²) in [5.74, 6) is -0.237. The Hall–Kier alpha value is -3.49. The number of hydrogen-bond acceptors (Lipinski definition) is 4. The zero-order chi connectivity index (χ0) is 21.3. The van der Waals surface area contributed by atoms with E-state index in [-0.39, 0.29) is 17.0 Å². The van der Waals surface area contributed by atoms with Crippen molar-refractivity contribution in [3.63, 3.8) is 0 Å². The molecule has 0 aliphatic carbocycles. The number of fused-ring (bicyclic) bond motifs is 1. The number of allylic oxidation sites excluding steroid dienone is 1. The van der Waals surface area contributed by atoms with Crippen molar-refractivity contribution in [2.75, 3.05) is 0 Å². The molecule has 1 aromatic heterocycles. The highest BCUT2D eigenvalue weighted by molar-refractivity contribution is 6.30. The highest BCUT2D eigenvalue weighted by Crippen LogP contribution is 2.40. The van der Waals surface area contributed by atoms with Crippen LogP contribution in [0.5, 0.6) is 5.75 Å². The fourth-order valence-corrected chi connectivity index (χ4v) is 4.07. The molecule has 150 valence electrons. The smallest absolute Gasteiger partial charge is 0.258 e. The van der Waals surface area contributed by atoms with Gasteiger partial charge >= 0.3 is 0 Å². The van der Waals surface area contributed by atoms with Crippen molar-refractivity contribution >= 4 is 11.6 Å². The zero-order valence-corrected chi connectivity index (χ0v) is 17.2. The maximum Gasteiger partial charge on any atom is 0.258 e. The maximum absolute atomic E-state index is 13.6. The quantitative estimate of drug-likeness (QED) is 0.687. The molecule has 0 saturated carbocycles. The Morgan fingerprint density at radius 2 is 1.93 bits per heavy atom. The lowest BCUT2D eigenvalue weighted by Crippen LogP contribution is -2.33. The molecule has 4 rings (SSSR count).